The second kappa shape index (κ2) is 5.95. The largest absolute Gasteiger partial charge is 0.437 e. The van der Waals surface area contributed by atoms with Crippen LogP contribution in [0.4, 0.5) is 0 Å². The monoisotopic (exact) mass is 241 g/mol. The first-order valence-corrected chi connectivity index (χ1v) is 5.32. The molecule has 1 aromatic rings. The maximum Gasteiger partial charge on any atom is 0.354 e. The third-order valence-electron chi connectivity index (χ3n) is 2.64. The highest BCUT2D eigenvalue weighted by atomic mass is 16.9. The van der Waals surface area contributed by atoms with Gasteiger partial charge in [-0.25, -0.2) is 0 Å². The third kappa shape index (κ3) is 2.94. The van der Waals surface area contributed by atoms with Crippen molar-refractivity contribution in [3.8, 4) is 5.75 Å². The van der Waals surface area contributed by atoms with Crippen molar-refractivity contribution in [1.29, 1.82) is 0 Å². The number of ether oxygens (including phenoxy) is 4. The Labute approximate surface area is 102 Å². The Balaban J connectivity index is 2.98. The zero-order chi connectivity index (χ0) is 12.9. The van der Waals surface area contributed by atoms with Gasteiger partial charge in [0.2, 0.25) is 0 Å². The van der Waals surface area contributed by atoms with Gasteiger partial charge in [0, 0.05) is 39.3 Å². The maximum absolute atomic E-state index is 5.77. The molecule has 0 aromatic carbocycles. The van der Waals surface area contributed by atoms with Gasteiger partial charge in [-0.05, 0) is 19.9 Å². The summed E-state index contributed by atoms with van der Waals surface area (Å²) in [4.78, 5) is 4.00. The molecule has 0 spiro atoms. The van der Waals surface area contributed by atoms with Crippen LogP contribution >= 0.6 is 0 Å². The normalized spacial score (nSPS) is 13.5. The van der Waals surface area contributed by atoms with Crippen molar-refractivity contribution >= 4 is 0 Å². The van der Waals surface area contributed by atoms with Gasteiger partial charge in [0.1, 0.15) is 11.9 Å². The Morgan fingerprint density at radius 2 is 1.88 bits per heavy atom. The van der Waals surface area contributed by atoms with E-state index in [0.717, 1.165) is 5.56 Å². The molecule has 0 aliphatic rings. The summed E-state index contributed by atoms with van der Waals surface area (Å²) in [6, 6.07) is 1.75. The average molecular weight is 241 g/mol. The van der Waals surface area contributed by atoms with Crippen LogP contribution in [0.2, 0.25) is 0 Å². The Bertz CT molecular complexity index is 352. The standard InChI is InChI=1S/C12H19NO4/c1-9-8-13-7-6-11(9)17-12(15-4,16-5)10(2)14-3/h6-8,10H,1-5H3. The van der Waals surface area contributed by atoms with Gasteiger partial charge < -0.3 is 18.9 Å². The van der Waals surface area contributed by atoms with Crippen LogP contribution in [0.3, 0.4) is 0 Å². The van der Waals surface area contributed by atoms with Crippen LogP contribution in [0.5, 0.6) is 5.75 Å². The molecule has 1 heterocycles. The Morgan fingerprint density at radius 1 is 1.24 bits per heavy atom. The highest BCUT2D eigenvalue weighted by Crippen LogP contribution is 2.26. The molecule has 1 atom stereocenters. The Kier molecular flexibility index (Phi) is 4.86. The van der Waals surface area contributed by atoms with Crippen molar-refractivity contribution < 1.29 is 18.9 Å². The summed E-state index contributed by atoms with van der Waals surface area (Å²) in [7, 11) is 4.59. The van der Waals surface area contributed by atoms with Crippen LogP contribution < -0.4 is 4.74 Å². The van der Waals surface area contributed by atoms with Crippen molar-refractivity contribution in [3.63, 3.8) is 0 Å². The lowest BCUT2D eigenvalue weighted by atomic mass is 10.3. The minimum Gasteiger partial charge on any atom is -0.437 e. The SMILES string of the molecule is COC(C)C(OC)(OC)Oc1ccncc1C. The molecule has 0 saturated carbocycles. The Hall–Kier alpha value is -1.17. The number of aryl methyl sites for hydroxylation is 1. The fraction of sp³-hybridized carbons (Fsp3) is 0.583. The summed E-state index contributed by atoms with van der Waals surface area (Å²) >= 11 is 0. The molecule has 0 amide bonds. The molecule has 0 aliphatic carbocycles. The van der Waals surface area contributed by atoms with E-state index in [-0.39, 0.29) is 6.10 Å². The average Bonchev–Trinajstić information content (AvgIpc) is 2.37. The predicted molar refractivity (Wildman–Crippen MR) is 62.8 cm³/mol. The zero-order valence-electron chi connectivity index (χ0n) is 10.9. The lowest BCUT2D eigenvalue weighted by Crippen LogP contribution is -2.50. The summed E-state index contributed by atoms with van der Waals surface area (Å²) in [6.07, 6.45) is 2.98. The van der Waals surface area contributed by atoms with Crippen molar-refractivity contribution in [1.82, 2.24) is 4.98 Å². The van der Waals surface area contributed by atoms with E-state index in [1.54, 1.807) is 25.6 Å². The number of aromatic nitrogens is 1. The number of rotatable bonds is 6. The number of nitrogens with zero attached hydrogens (tertiary/aromatic N) is 1. The zero-order valence-corrected chi connectivity index (χ0v) is 10.9. The second-order valence-electron chi connectivity index (χ2n) is 3.63. The number of hydrogen-bond acceptors (Lipinski definition) is 5. The van der Waals surface area contributed by atoms with E-state index in [9.17, 15) is 0 Å². The fourth-order valence-corrected chi connectivity index (χ4v) is 1.45. The summed E-state index contributed by atoms with van der Waals surface area (Å²) < 4.78 is 21.6. The van der Waals surface area contributed by atoms with Crippen molar-refractivity contribution in [3.05, 3.63) is 24.0 Å². The summed E-state index contributed by atoms with van der Waals surface area (Å²) in [5.74, 6) is -0.617. The lowest BCUT2D eigenvalue weighted by molar-refractivity contribution is -0.361. The minimum atomic E-state index is -1.26. The second-order valence-corrected chi connectivity index (χ2v) is 3.63. The molecular weight excluding hydrogens is 222 g/mol. The van der Waals surface area contributed by atoms with Gasteiger partial charge in [-0.3, -0.25) is 4.98 Å². The summed E-state index contributed by atoms with van der Waals surface area (Å²) in [6.45, 7) is 3.71. The fourth-order valence-electron chi connectivity index (χ4n) is 1.45. The van der Waals surface area contributed by atoms with E-state index in [4.69, 9.17) is 18.9 Å². The van der Waals surface area contributed by atoms with Gasteiger partial charge in [-0.15, -0.1) is 0 Å². The molecule has 5 nitrogen and oxygen atoms in total. The highest BCUT2D eigenvalue weighted by Gasteiger charge is 2.40. The summed E-state index contributed by atoms with van der Waals surface area (Å²) in [5.41, 5.74) is 0.897. The predicted octanol–water partition coefficient (Wildman–Crippen LogP) is 1.75. The molecule has 17 heavy (non-hydrogen) atoms. The molecule has 0 radical (unpaired) electrons. The molecule has 0 bridgehead atoms. The molecule has 1 rings (SSSR count). The molecule has 96 valence electrons. The van der Waals surface area contributed by atoms with Crippen molar-refractivity contribution in [2.45, 2.75) is 25.9 Å². The van der Waals surface area contributed by atoms with E-state index < -0.39 is 5.97 Å². The number of methoxy groups -OCH3 is 3. The molecule has 1 aromatic heterocycles. The quantitative estimate of drug-likeness (QED) is 0.710. The van der Waals surface area contributed by atoms with Gasteiger partial charge in [0.15, 0.2) is 0 Å². The molecule has 0 N–H and O–H groups in total. The first-order valence-electron chi connectivity index (χ1n) is 5.32. The van der Waals surface area contributed by atoms with Gasteiger partial charge >= 0.3 is 5.97 Å². The lowest BCUT2D eigenvalue weighted by Gasteiger charge is -2.35. The topological polar surface area (TPSA) is 49.8 Å². The molecule has 0 saturated heterocycles. The van der Waals surface area contributed by atoms with E-state index in [0.29, 0.717) is 5.75 Å². The van der Waals surface area contributed by atoms with E-state index in [2.05, 4.69) is 4.98 Å². The Morgan fingerprint density at radius 3 is 2.35 bits per heavy atom. The molecule has 0 fully saturated rings. The van der Waals surface area contributed by atoms with Crippen LogP contribution in [-0.2, 0) is 14.2 Å². The van der Waals surface area contributed by atoms with Crippen LogP contribution in [-0.4, -0.2) is 38.4 Å². The van der Waals surface area contributed by atoms with E-state index >= 15 is 0 Å². The van der Waals surface area contributed by atoms with Gasteiger partial charge in [-0.2, -0.15) is 0 Å². The van der Waals surface area contributed by atoms with Gasteiger partial charge in [-0.1, -0.05) is 0 Å². The first kappa shape index (κ1) is 13.9. The minimum absolute atomic E-state index is 0.384. The van der Waals surface area contributed by atoms with Crippen LogP contribution in [0.1, 0.15) is 12.5 Å². The van der Waals surface area contributed by atoms with Crippen molar-refractivity contribution in [2.75, 3.05) is 21.3 Å². The van der Waals surface area contributed by atoms with Crippen molar-refractivity contribution in [2.24, 2.45) is 0 Å². The molecule has 1 unspecified atom stereocenters. The van der Waals surface area contributed by atoms with Gasteiger partial charge in [0.25, 0.3) is 0 Å². The number of pyridine rings is 1. The smallest absolute Gasteiger partial charge is 0.354 e. The number of hydrogen-bond donors (Lipinski definition) is 0. The van der Waals surface area contributed by atoms with Crippen LogP contribution in [0.15, 0.2) is 18.5 Å². The molecular formula is C12H19NO4. The van der Waals surface area contributed by atoms with Crippen LogP contribution in [0, 0.1) is 6.92 Å². The molecule has 5 heteroatoms. The highest BCUT2D eigenvalue weighted by molar-refractivity contribution is 5.28. The maximum atomic E-state index is 5.77. The first-order chi connectivity index (χ1) is 8.09. The van der Waals surface area contributed by atoms with E-state index in [1.165, 1.54) is 14.2 Å². The van der Waals surface area contributed by atoms with Gasteiger partial charge in [0.05, 0.1) is 0 Å². The third-order valence-corrected chi connectivity index (χ3v) is 2.64. The molecule has 0 aliphatic heterocycles. The van der Waals surface area contributed by atoms with Crippen LogP contribution in [0.25, 0.3) is 0 Å². The summed E-state index contributed by atoms with van der Waals surface area (Å²) in [5, 5.41) is 0. The van der Waals surface area contributed by atoms with E-state index in [1.807, 2.05) is 13.8 Å².